The Morgan fingerprint density at radius 2 is 2.05 bits per heavy atom. The first-order valence-electron chi connectivity index (χ1n) is 7.67. The molecule has 19 heavy (non-hydrogen) atoms. The first kappa shape index (κ1) is 13.1. The third-order valence-corrected chi connectivity index (χ3v) is 4.62. The third kappa shape index (κ3) is 2.32. The highest BCUT2D eigenvalue weighted by Crippen LogP contribution is 2.35. The van der Waals surface area contributed by atoms with E-state index in [0.717, 1.165) is 25.1 Å². The van der Waals surface area contributed by atoms with Gasteiger partial charge < -0.3 is 9.67 Å². The number of hydrogen-bond acceptors (Lipinski definition) is 3. The van der Waals surface area contributed by atoms with Gasteiger partial charge in [-0.15, -0.1) is 0 Å². The van der Waals surface area contributed by atoms with Gasteiger partial charge in [0, 0.05) is 12.6 Å². The van der Waals surface area contributed by atoms with Crippen LogP contribution in [0.2, 0.25) is 0 Å². The maximum Gasteiger partial charge on any atom is 0.126 e. The summed E-state index contributed by atoms with van der Waals surface area (Å²) in [6.45, 7) is 6.73. The smallest absolute Gasteiger partial charge is 0.126 e. The van der Waals surface area contributed by atoms with Gasteiger partial charge >= 0.3 is 0 Å². The van der Waals surface area contributed by atoms with Crippen LogP contribution in [-0.2, 0) is 6.54 Å². The number of aromatic nitrogens is 2. The molecule has 106 valence electrons. The van der Waals surface area contributed by atoms with Gasteiger partial charge in [0.05, 0.1) is 24.0 Å². The summed E-state index contributed by atoms with van der Waals surface area (Å²) in [5.74, 6) is 1.18. The minimum absolute atomic E-state index is 0.314. The molecule has 0 aliphatic carbocycles. The number of imidazole rings is 1. The predicted molar refractivity (Wildman–Crippen MR) is 74.9 cm³/mol. The monoisotopic (exact) mass is 263 g/mol. The van der Waals surface area contributed by atoms with Crippen LogP contribution in [0.3, 0.4) is 0 Å². The van der Waals surface area contributed by atoms with Crippen molar-refractivity contribution in [1.29, 1.82) is 0 Å². The molecule has 0 amide bonds. The second kappa shape index (κ2) is 5.25. The maximum absolute atomic E-state index is 10.1. The Morgan fingerprint density at radius 3 is 2.84 bits per heavy atom. The number of piperidine rings is 1. The molecule has 1 aromatic heterocycles. The zero-order chi connectivity index (χ0) is 13.4. The van der Waals surface area contributed by atoms with Gasteiger partial charge in [0.1, 0.15) is 5.82 Å². The van der Waals surface area contributed by atoms with E-state index in [0.29, 0.717) is 12.1 Å². The predicted octanol–water partition coefficient (Wildman–Crippen LogP) is 2.65. The van der Waals surface area contributed by atoms with Gasteiger partial charge in [-0.05, 0) is 46.1 Å². The molecule has 3 heterocycles. The van der Waals surface area contributed by atoms with Crippen molar-refractivity contribution >= 4 is 0 Å². The molecule has 0 radical (unpaired) electrons. The Labute approximate surface area is 115 Å². The standard InChI is InChI=1S/C15H25N3O/c1-11(2)17-8-4-3-6-12(17)15-16-10-13-14(19)7-5-9-18(13)15/h10-12,14,19H,3-9H2,1-2H3. The van der Waals surface area contributed by atoms with E-state index in [-0.39, 0.29) is 6.10 Å². The highest BCUT2D eigenvalue weighted by atomic mass is 16.3. The molecule has 4 heteroatoms. The molecular formula is C15H25N3O. The molecule has 0 bridgehead atoms. The Morgan fingerprint density at radius 1 is 1.21 bits per heavy atom. The zero-order valence-corrected chi connectivity index (χ0v) is 12.0. The molecule has 2 atom stereocenters. The minimum Gasteiger partial charge on any atom is -0.387 e. The Hall–Kier alpha value is -0.870. The van der Waals surface area contributed by atoms with Crippen molar-refractivity contribution in [2.24, 2.45) is 0 Å². The number of rotatable bonds is 2. The molecule has 1 aromatic rings. The SMILES string of the molecule is CC(C)N1CCCCC1c1ncc2n1CCCC2O. The van der Waals surface area contributed by atoms with Crippen LogP contribution in [0.1, 0.15) is 69.6 Å². The topological polar surface area (TPSA) is 41.3 Å². The van der Waals surface area contributed by atoms with Gasteiger partial charge in [-0.3, -0.25) is 4.90 Å². The summed E-state index contributed by atoms with van der Waals surface area (Å²) in [4.78, 5) is 7.24. The fraction of sp³-hybridized carbons (Fsp3) is 0.800. The maximum atomic E-state index is 10.1. The second-order valence-corrected chi connectivity index (χ2v) is 6.19. The highest BCUT2D eigenvalue weighted by Gasteiger charge is 2.31. The van der Waals surface area contributed by atoms with Crippen molar-refractivity contribution in [3.05, 3.63) is 17.7 Å². The summed E-state index contributed by atoms with van der Waals surface area (Å²) in [5.41, 5.74) is 1.02. The summed E-state index contributed by atoms with van der Waals surface area (Å²) < 4.78 is 2.28. The molecule has 1 N–H and O–H groups in total. The van der Waals surface area contributed by atoms with Gasteiger partial charge in [-0.25, -0.2) is 4.98 Å². The molecule has 2 unspecified atom stereocenters. The molecule has 0 saturated carbocycles. The average Bonchev–Trinajstić information content (AvgIpc) is 2.84. The van der Waals surface area contributed by atoms with Crippen LogP contribution in [0, 0.1) is 0 Å². The normalized spacial score (nSPS) is 28.6. The lowest BCUT2D eigenvalue weighted by atomic mass is 9.99. The van der Waals surface area contributed by atoms with Crippen molar-refractivity contribution < 1.29 is 5.11 Å². The van der Waals surface area contributed by atoms with Crippen LogP contribution >= 0.6 is 0 Å². The Bertz CT molecular complexity index is 441. The summed E-state index contributed by atoms with van der Waals surface area (Å²) in [5, 5.41) is 10.1. The molecular weight excluding hydrogens is 238 g/mol. The first-order valence-corrected chi connectivity index (χ1v) is 7.67. The Balaban J connectivity index is 1.92. The zero-order valence-electron chi connectivity index (χ0n) is 12.0. The van der Waals surface area contributed by atoms with Gasteiger partial charge in [0.25, 0.3) is 0 Å². The average molecular weight is 263 g/mol. The number of aliphatic hydroxyl groups is 1. The molecule has 0 spiro atoms. The largest absolute Gasteiger partial charge is 0.387 e. The lowest BCUT2D eigenvalue weighted by molar-refractivity contribution is 0.0978. The summed E-state index contributed by atoms with van der Waals surface area (Å²) in [6, 6.07) is 1.000. The molecule has 2 aliphatic rings. The third-order valence-electron chi connectivity index (χ3n) is 4.62. The van der Waals surface area contributed by atoms with E-state index in [4.69, 9.17) is 0 Å². The van der Waals surface area contributed by atoms with Crippen LogP contribution in [0.25, 0.3) is 0 Å². The van der Waals surface area contributed by atoms with E-state index in [1.54, 1.807) is 0 Å². The highest BCUT2D eigenvalue weighted by molar-refractivity contribution is 5.14. The van der Waals surface area contributed by atoms with E-state index in [9.17, 15) is 5.11 Å². The van der Waals surface area contributed by atoms with Gasteiger partial charge in [0.15, 0.2) is 0 Å². The number of fused-ring (bicyclic) bond motifs is 1. The minimum atomic E-state index is -0.314. The van der Waals surface area contributed by atoms with E-state index in [2.05, 4.69) is 28.3 Å². The van der Waals surface area contributed by atoms with Crippen LogP contribution in [0.15, 0.2) is 6.20 Å². The number of likely N-dealkylation sites (tertiary alicyclic amines) is 1. The number of hydrogen-bond donors (Lipinski definition) is 1. The van der Waals surface area contributed by atoms with E-state index in [1.165, 1.54) is 31.6 Å². The second-order valence-electron chi connectivity index (χ2n) is 6.19. The van der Waals surface area contributed by atoms with Crippen LogP contribution < -0.4 is 0 Å². The van der Waals surface area contributed by atoms with Gasteiger partial charge in [-0.1, -0.05) is 6.42 Å². The fourth-order valence-corrected chi connectivity index (χ4v) is 3.62. The van der Waals surface area contributed by atoms with Crippen molar-refractivity contribution in [2.45, 2.75) is 70.7 Å². The van der Waals surface area contributed by atoms with E-state index >= 15 is 0 Å². The van der Waals surface area contributed by atoms with Crippen molar-refractivity contribution in [3.63, 3.8) is 0 Å². The van der Waals surface area contributed by atoms with E-state index in [1.807, 2.05) is 6.20 Å². The summed E-state index contributed by atoms with van der Waals surface area (Å²) in [7, 11) is 0. The summed E-state index contributed by atoms with van der Waals surface area (Å²) >= 11 is 0. The number of nitrogens with zero attached hydrogens (tertiary/aromatic N) is 3. The molecule has 3 rings (SSSR count). The first-order chi connectivity index (χ1) is 9.18. The van der Waals surface area contributed by atoms with Crippen molar-refractivity contribution in [3.8, 4) is 0 Å². The molecule has 4 nitrogen and oxygen atoms in total. The van der Waals surface area contributed by atoms with Gasteiger partial charge in [-0.2, -0.15) is 0 Å². The lowest BCUT2D eigenvalue weighted by Gasteiger charge is -2.38. The quantitative estimate of drug-likeness (QED) is 0.892. The van der Waals surface area contributed by atoms with Crippen LogP contribution in [0.4, 0.5) is 0 Å². The fourth-order valence-electron chi connectivity index (χ4n) is 3.62. The number of aliphatic hydroxyl groups excluding tert-OH is 1. The van der Waals surface area contributed by atoms with Gasteiger partial charge in [0.2, 0.25) is 0 Å². The lowest BCUT2D eigenvalue weighted by Crippen LogP contribution is -2.40. The van der Waals surface area contributed by atoms with E-state index < -0.39 is 0 Å². The molecule has 0 aromatic carbocycles. The summed E-state index contributed by atoms with van der Waals surface area (Å²) in [6.07, 6.45) is 7.31. The van der Waals surface area contributed by atoms with Crippen molar-refractivity contribution in [2.75, 3.05) is 6.54 Å². The van der Waals surface area contributed by atoms with Crippen LogP contribution in [-0.4, -0.2) is 32.1 Å². The molecule has 2 aliphatic heterocycles. The molecule has 1 saturated heterocycles. The van der Waals surface area contributed by atoms with Crippen LogP contribution in [0.5, 0.6) is 0 Å². The Kier molecular flexibility index (Phi) is 3.63. The van der Waals surface area contributed by atoms with Crippen molar-refractivity contribution in [1.82, 2.24) is 14.5 Å². The molecule has 1 fully saturated rings.